The van der Waals surface area contributed by atoms with E-state index in [1.54, 1.807) is 0 Å². The summed E-state index contributed by atoms with van der Waals surface area (Å²) in [6, 6.07) is 6.38. The first kappa shape index (κ1) is 14.5. The lowest BCUT2D eigenvalue weighted by atomic mass is 10.0. The van der Waals surface area contributed by atoms with Gasteiger partial charge in [-0.25, -0.2) is 0 Å². The molecule has 0 aromatic heterocycles. The molecular formula is C16H25NO2. The molecule has 0 aliphatic carbocycles. The predicted octanol–water partition coefficient (Wildman–Crippen LogP) is 2.89. The molecule has 0 radical (unpaired) electrons. The number of nitrogens with two attached hydrogens (primary N) is 1. The smallest absolute Gasteiger partial charge is 0.0808 e. The molecule has 3 nitrogen and oxygen atoms in total. The Bertz CT molecular complexity index is 379. The third-order valence-corrected chi connectivity index (χ3v) is 3.55. The van der Waals surface area contributed by atoms with E-state index in [1.165, 1.54) is 24.0 Å². The summed E-state index contributed by atoms with van der Waals surface area (Å²) in [7, 11) is 0. The van der Waals surface area contributed by atoms with E-state index in [9.17, 15) is 0 Å². The molecule has 1 heterocycles. The molecule has 2 rings (SSSR count). The van der Waals surface area contributed by atoms with Crippen LogP contribution in [0.25, 0.3) is 0 Å². The molecule has 3 heteroatoms. The van der Waals surface area contributed by atoms with E-state index in [4.69, 9.17) is 15.2 Å². The maximum atomic E-state index is 6.18. The lowest BCUT2D eigenvalue weighted by Crippen LogP contribution is -2.26. The van der Waals surface area contributed by atoms with E-state index in [0.29, 0.717) is 13.2 Å². The Labute approximate surface area is 116 Å². The standard InChI is InChI=1S/C16H25NO2/c1-12-7-13(2)9-14(8-12)16(17)11-18-10-15-5-3-4-6-19-15/h7-9,15-16H,3-6,10-11,17H2,1-2H3. The molecule has 2 N–H and O–H groups in total. The minimum atomic E-state index is -0.0535. The van der Waals surface area contributed by atoms with Crippen LogP contribution in [0.3, 0.4) is 0 Å². The minimum absolute atomic E-state index is 0.0535. The first-order valence-corrected chi connectivity index (χ1v) is 7.18. The maximum Gasteiger partial charge on any atom is 0.0808 e. The van der Waals surface area contributed by atoms with Gasteiger partial charge in [-0.1, -0.05) is 29.3 Å². The van der Waals surface area contributed by atoms with Crippen molar-refractivity contribution in [2.45, 2.75) is 45.3 Å². The summed E-state index contributed by atoms with van der Waals surface area (Å²) in [6.45, 7) is 6.29. The van der Waals surface area contributed by atoms with Gasteiger partial charge in [0, 0.05) is 6.61 Å². The summed E-state index contributed by atoms with van der Waals surface area (Å²) in [5, 5.41) is 0. The van der Waals surface area contributed by atoms with Crippen LogP contribution in [0, 0.1) is 13.8 Å². The van der Waals surface area contributed by atoms with Crippen molar-refractivity contribution in [2.24, 2.45) is 5.73 Å². The molecule has 0 amide bonds. The van der Waals surface area contributed by atoms with Crippen molar-refractivity contribution in [2.75, 3.05) is 19.8 Å². The predicted molar refractivity (Wildman–Crippen MR) is 77.3 cm³/mol. The Balaban J connectivity index is 1.78. The second kappa shape index (κ2) is 7.04. The van der Waals surface area contributed by atoms with E-state index in [0.717, 1.165) is 18.6 Å². The second-order valence-electron chi connectivity index (χ2n) is 5.55. The quantitative estimate of drug-likeness (QED) is 0.888. The fraction of sp³-hybridized carbons (Fsp3) is 0.625. The summed E-state index contributed by atoms with van der Waals surface area (Å²) in [5.74, 6) is 0. The molecule has 0 bridgehead atoms. The summed E-state index contributed by atoms with van der Waals surface area (Å²) in [5.41, 5.74) is 9.84. The summed E-state index contributed by atoms with van der Waals surface area (Å²) >= 11 is 0. The van der Waals surface area contributed by atoms with Gasteiger partial charge in [0.25, 0.3) is 0 Å². The lowest BCUT2D eigenvalue weighted by Gasteiger charge is -2.23. The van der Waals surface area contributed by atoms with Crippen LogP contribution in [0.15, 0.2) is 18.2 Å². The topological polar surface area (TPSA) is 44.5 Å². The van der Waals surface area contributed by atoms with E-state index in [1.807, 2.05) is 0 Å². The zero-order chi connectivity index (χ0) is 13.7. The van der Waals surface area contributed by atoms with E-state index in [-0.39, 0.29) is 12.1 Å². The van der Waals surface area contributed by atoms with Gasteiger partial charge in [0.2, 0.25) is 0 Å². The van der Waals surface area contributed by atoms with Crippen LogP contribution in [0.2, 0.25) is 0 Å². The summed E-state index contributed by atoms with van der Waals surface area (Å²) in [4.78, 5) is 0. The molecule has 106 valence electrons. The second-order valence-corrected chi connectivity index (χ2v) is 5.55. The van der Waals surface area contributed by atoms with Gasteiger partial charge in [0.1, 0.15) is 0 Å². The number of aryl methyl sites for hydroxylation is 2. The van der Waals surface area contributed by atoms with Gasteiger partial charge in [0.05, 0.1) is 25.4 Å². The molecule has 19 heavy (non-hydrogen) atoms. The largest absolute Gasteiger partial charge is 0.377 e. The first-order chi connectivity index (χ1) is 9.15. The number of hydrogen-bond acceptors (Lipinski definition) is 3. The van der Waals surface area contributed by atoms with Crippen LogP contribution in [-0.2, 0) is 9.47 Å². The van der Waals surface area contributed by atoms with Gasteiger partial charge < -0.3 is 15.2 Å². The zero-order valence-electron chi connectivity index (χ0n) is 12.0. The molecular weight excluding hydrogens is 238 g/mol. The highest BCUT2D eigenvalue weighted by Gasteiger charge is 2.15. The maximum absolute atomic E-state index is 6.18. The minimum Gasteiger partial charge on any atom is -0.377 e. The van der Waals surface area contributed by atoms with Gasteiger partial charge in [-0.2, -0.15) is 0 Å². The number of hydrogen-bond donors (Lipinski definition) is 1. The van der Waals surface area contributed by atoms with Crippen molar-refractivity contribution in [3.63, 3.8) is 0 Å². The van der Waals surface area contributed by atoms with E-state index < -0.39 is 0 Å². The molecule has 1 aliphatic rings. The average molecular weight is 263 g/mol. The van der Waals surface area contributed by atoms with Crippen molar-refractivity contribution in [3.8, 4) is 0 Å². The summed E-state index contributed by atoms with van der Waals surface area (Å²) in [6.07, 6.45) is 3.80. The van der Waals surface area contributed by atoms with Gasteiger partial charge in [-0.15, -0.1) is 0 Å². The Kier molecular flexibility index (Phi) is 5.37. The van der Waals surface area contributed by atoms with Crippen molar-refractivity contribution in [1.29, 1.82) is 0 Å². The van der Waals surface area contributed by atoms with Crippen molar-refractivity contribution in [3.05, 3.63) is 34.9 Å². The SMILES string of the molecule is Cc1cc(C)cc(C(N)COCC2CCCCO2)c1. The van der Waals surface area contributed by atoms with Crippen LogP contribution >= 0.6 is 0 Å². The van der Waals surface area contributed by atoms with Gasteiger partial charge in [-0.3, -0.25) is 0 Å². The molecule has 1 fully saturated rings. The first-order valence-electron chi connectivity index (χ1n) is 7.18. The van der Waals surface area contributed by atoms with Crippen molar-refractivity contribution >= 4 is 0 Å². The average Bonchev–Trinajstić information content (AvgIpc) is 2.38. The summed E-state index contributed by atoms with van der Waals surface area (Å²) < 4.78 is 11.4. The molecule has 1 aliphatic heterocycles. The van der Waals surface area contributed by atoms with Crippen molar-refractivity contribution < 1.29 is 9.47 Å². The number of benzene rings is 1. The highest BCUT2D eigenvalue weighted by atomic mass is 16.5. The highest BCUT2D eigenvalue weighted by Crippen LogP contribution is 2.17. The monoisotopic (exact) mass is 263 g/mol. The molecule has 0 saturated carbocycles. The molecule has 1 aromatic rings. The highest BCUT2D eigenvalue weighted by molar-refractivity contribution is 5.30. The Morgan fingerprint density at radius 1 is 1.26 bits per heavy atom. The van der Waals surface area contributed by atoms with E-state index in [2.05, 4.69) is 32.0 Å². The zero-order valence-corrected chi connectivity index (χ0v) is 12.0. The molecule has 1 aromatic carbocycles. The van der Waals surface area contributed by atoms with Crippen molar-refractivity contribution in [1.82, 2.24) is 0 Å². The van der Waals surface area contributed by atoms with Gasteiger partial charge in [0.15, 0.2) is 0 Å². The van der Waals surface area contributed by atoms with Gasteiger partial charge >= 0.3 is 0 Å². The fourth-order valence-electron chi connectivity index (χ4n) is 2.59. The lowest BCUT2D eigenvalue weighted by molar-refractivity contribution is -0.0428. The number of rotatable bonds is 5. The Hall–Kier alpha value is -0.900. The Morgan fingerprint density at radius 3 is 2.63 bits per heavy atom. The molecule has 1 saturated heterocycles. The van der Waals surface area contributed by atoms with Gasteiger partial charge in [-0.05, 0) is 38.7 Å². The molecule has 0 spiro atoms. The van der Waals surface area contributed by atoms with Crippen LogP contribution in [0.4, 0.5) is 0 Å². The van der Waals surface area contributed by atoms with Crippen LogP contribution in [0.5, 0.6) is 0 Å². The van der Waals surface area contributed by atoms with E-state index >= 15 is 0 Å². The van der Waals surface area contributed by atoms with Crippen LogP contribution < -0.4 is 5.73 Å². The third kappa shape index (κ3) is 4.60. The normalized spacial score (nSPS) is 21.3. The Morgan fingerprint density at radius 2 is 2.00 bits per heavy atom. The van der Waals surface area contributed by atoms with Crippen LogP contribution in [-0.4, -0.2) is 25.9 Å². The fourth-order valence-corrected chi connectivity index (χ4v) is 2.59. The molecule has 2 unspecified atom stereocenters. The molecule has 2 atom stereocenters. The number of ether oxygens (including phenoxy) is 2. The van der Waals surface area contributed by atoms with Crippen LogP contribution in [0.1, 0.15) is 42.0 Å². The third-order valence-electron chi connectivity index (χ3n) is 3.55.